The normalized spacial score (nSPS) is 24.3. The van der Waals surface area contributed by atoms with E-state index in [4.69, 9.17) is 16.3 Å². The van der Waals surface area contributed by atoms with Crippen LogP contribution in [0, 0.1) is 11.3 Å². The topological polar surface area (TPSA) is 12.5 Å². The molecule has 0 bridgehead atoms. The van der Waals surface area contributed by atoms with E-state index >= 15 is 0 Å². The van der Waals surface area contributed by atoms with Gasteiger partial charge >= 0.3 is 0 Å². The van der Waals surface area contributed by atoms with E-state index in [-0.39, 0.29) is 0 Å². The standard InChI is InChI=1S/C23H34ClNO/c1-2-18-9-11-23(12-10-18)13-15-25(16-14-23)22-17-20(7-8-21(22)24)26-19-5-3-4-6-19/h7-8,17-19H,2-6,9-16H2,1H3. The van der Waals surface area contributed by atoms with Crippen molar-refractivity contribution >= 4 is 17.3 Å². The van der Waals surface area contributed by atoms with Crippen molar-refractivity contribution in [2.45, 2.75) is 83.7 Å². The third-order valence-electron chi connectivity index (χ3n) is 7.43. The number of piperidine rings is 1. The van der Waals surface area contributed by atoms with E-state index in [0.717, 1.165) is 29.8 Å². The SMILES string of the molecule is CCC1CCC2(CC1)CCN(c1cc(OC3CCCC3)ccc1Cl)CC2. The molecule has 4 rings (SSSR count). The average Bonchev–Trinajstić information content (AvgIpc) is 3.18. The van der Waals surface area contributed by atoms with Gasteiger partial charge in [-0.1, -0.05) is 24.9 Å². The van der Waals surface area contributed by atoms with Crippen LogP contribution >= 0.6 is 11.6 Å². The summed E-state index contributed by atoms with van der Waals surface area (Å²) in [5.41, 5.74) is 1.80. The summed E-state index contributed by atoms with van der Waals surface area (Å²) in [5.74, 6) is 1.98. The van der Waals surface area contributed by atoms with E-state index in [1.165, 1.54) is 76.3 Å². The van der Waals surface area contributed by atoms with Crippen LogP contribution in [-0.2, 0) is 0 Å². The first-order chi connectivity index (χ1) is 12.7. The molecule has 3 fully saturated rings. The summed E-state index contributed by atoms with van der Waals surface area (Å²) in [6, 6.07) is 6.26. The number of anilines is 1. The molecule has 1 saturated heterocycles. The molecule has 144 valence electrons. The minimum absolute atomic E-state index is 0.405. The van der Waals surface area contributed by atoms with Crippen LogP contribution in [-0.4, -0.2) is 19.2 Å². The first kappa shape index (κ1) is 18.5. The Kier molecular flexibility index (Phi) is 5.69. The van der Waals surface area contributed by atoms with Gasteiger partial charge in [-0.2, -0.15) is 0 Å². The lowest BCUT2D eigenvalue weighted by Gasteiger charge is -2.46. The number of ether oxygens (including phenoxy) is 1. The second kappa shape index (κ2) is 8.00. The molecule has 1 spiro atoms. The summed E-state index contributed by atoms with van der Waals surface area (Å²) in [5, 5.41) is 0.870. The van der Waals surface area contributed by atoms with Gasteiger partial charge in [-0.25, -0.2) is 0 Å². The van der Waals surface area contributed by atoms with Crippen LogP contribution in [0.1, 0.15) is 77.6 Å². The molecule has 0 N–H and O–H groups in total. The number of hydrogen-bond acceptors (Lipinski definition) is 2. The fourth-order valence-electron chi connectivity index (χ4n) is 5.43. The summed E-state index contributed by atoms with van der Waals surface area (Å²) < 4.78 is 6.21. The molecule has 0 amide bonds. The van der Waals surface area contributed by atoms with Crippen molar-refractivity contribution in [2.24, 2.45) is 11.3 Å². The fraction of sp³-hybridized carbons (Fsp3) is 0.739. The van der Waals surface area contributed by atoms with Gasteiger partial charge in [0.1, 0.15) is 5.75 Å². The van der Waals surface area contributed by atoms with Crippen LogP contribution in [0.3, 0.4) is 0 Å². The summed E-state index contributed by atoms with van der Waals surface area (Å²) in [7, 11) is 0. The molecule has 2 nitrogen and oxygen atoms in total. The highest BCUT2D eigenvalue weighted by molar-refractivity contribution is 6.33. The highest BCUT2D eigenvalue weighted by atomic mass is 35.5. The Morgan fingerprint density at radius 1 is 1.04 bits per heavy atom. The Labute approximate surface area is 164 Å². The van der Waals surface area contributed by atoms with Gasteiger partial charge in [0.15, 0.2) is 0 Å². The van der Waals surface area contributed by atoms with Gasteiger partial charge in [-0.05, 0) is 87.7 Å². The van der Waals surface area contributed by atoms with Crippen LogP contribution in [0.15, 0.2) is 18.2 Å². The minimum atomic E-state index is 0.405. The van der Waals surface area contributed by atoms with Gasteiger partial charge in [-0.15, -0.1) is 0 Å². The molecule has 1 aromatic carbocycles. The zero-order chi connectivity index (χ0) is 18.0. The summed E-state index contributed by atoms with van der Waals surface area (Å²) >= 11 is 6.56. The van der Waals surface area contributed by atoms with Crippen LogP contribution in [0.4, 0.5) is 5.69 Å². The van der Waals surface area contributed by atoms with E-state index < -0.39 is 0 Å². The highest BCUT2D eigenvalue weighted by Gasteiger charge is 2.38. The van der Waals surface area contributed by atoms with Gasteiger partial charge in [0.25, 0.3) is 0 Å². The maximum atomic E-state index is 6.56. The number of hydrogen-bond donors (Lipinski definition) is 0. The summed E-state index contributed by atoms with van der Waals surface area (Å²) in [4.78, 5) is 2.50. The largest absolute Gasteiger partial charge is 0.490 e. The molecule has 0 atom stereocenters. The molecule has 3 aliphatic rings. The van der Waals surface area contributed by atoms with Crippen molar-refractivity contribution in [1.82, 2.24) is 0 Å². The van der Waals surface area contributed by atoms with Gasteiger partial charge in [0.2, 0.25) is 0 Å². The van der Waals surface area contributed by atoms with Gasteiger partial charge in [0.05, 0.1) is 16.8 Å². The molecule has 0 unspecified atom stereocenters. The molecular formula is C23H34ClNO. The van der Waals surface area contributed by atoms with Crippen LogP contribution in [0.5, 0.6) is 5.75 Å². The fourth-order valence-corrected chi connectivity index (χ4v) is 5.66. The van der Waals surface area contributed by atoms with E-state index in [9.17, 15) is 0 Å². The lowest BCUT2D eigenvalue weighted by molar-refractivity contribution is 0.112. The zero-order valence-electron chi connectivity index (χ0n) is 16.3. The Morgan fingerprint density at radius 3 is 2.38 bits per heavy atom. The molecule has 2 aliphatic carbocycles. The molecule has 2 saturated carbocycles. The van der Waals surface area contributed by atoms with Crippen molar-refractivity contribution < 1.29 is 4.74 Å². The second-order valence-corrected chi connectivity index (χ2v) is 9.38. The van der Waals surface area contributed by atoms with Gasteiger partial charge in [0, 0.05) is 19.2 Å². The number of nitrogens with zero attached hydrogens (tertiary/aromatic N) is 1. The summed E-state index contributed by atoms with van der Waals surface area (Å²) in [6.07, 6.45) is 15.2. The predicted molar refractivity (Wildman–Crippen MR) is 110 cm³/mol. The monoisotopic (exact) mass is 375 g/mol. The average molecular weight is 376 g/mol. The quantitative estimate of drug-likeness (QED) is 0.570. The molecule has 26 heavy (non-hydrogen) atoms. The van der Waals surface area contributed by atoms with E-state index in [1.807, 2.05) is 12.1 Å². The molecule has 1 aromatic rings. The van der Waals surface area contributed by atoms with E-state index in [1.54, 1.807) is 0 Å². The van der Waals surface area contributed by atoms with E-state index in [2.05, 4.69) is 17.9 Å². The van der Waals surface area contributed by atoms with Crippen LogP contribution in [0.2, 0.25) is 5.02 Å². The number of halogens is 1. The predicted octanol–water partition coefficient (Wildman–Crippen LogP) is 6.85. The summed E-state index contributed by atoms with van der Waals surface area (Å²) in [6.45, 7) is 4.64. The first-order valence-electron chi connectivity index (χ1n) is 10.9. The third-order valence-corrected chi connectivity index (χ3v) is 7.75. The Hall–Kier alpha value is -0.890. The Morgan fingerprint density at radius 2 is 1.73 bits per heavy atom. The maximum absolute atomic E-state index is 6.56. The van der Waals surface area contributed by atoms with Crippen molar-refractivity contribution in [3.8, 4) is 5.75 Å². The molecule has 3 heteroatoms. The molecular weight excluding hydrogens is 342 g/mol. The minimum Gasteiger partial charge on any atom is -0.490 e. The van der Waals surface area contributed by atoms with Crippen molar-refractivity contribution in [1.29, 1.82) is 0 Å². The number of rotatable bonds is 4. The Bertz CT molecular complexity index is 592. The third kappa shape index (κ3) is 4.01. The first-order valence-corrected chi connectivity index (χ1v) is 11.3. The zero-order valence-corrected chi connectivity index (χ0v) is 17.1. The maximum Gasteiger partial charge on any atom is 0.121 e. The number of benzene rings is 1. The van der Waals surface area contributed by atoms with Crippen LogP contribution < -0.4 is 9.64 Å². The van der Waals surface area contributed by atoms with Crippen LogP contribution in [0.25, 0.3) is 0 Å². The smallest absolute Gasteiger partial charge is 0.121 e. The Balaban J connectivity index is 1.39. The van der Waals surface area contributed by atoms with Gasteiger partial charge in [-0.3, -0.25) is 0 Å². The molecule has 0 aromatic heterocycles. The lowest BCUT2D eigenvalue weighted by Crippen LogP contribution is -2.42. The van der Waals surface area contributed by atoms with Crippen molar-refractivity contribution in [3.63, 3.8) is 0 Å². The van der Waals surface area contributed by atoms with Crippen molar-refractivity contribution in [2.75, 3.05) is 18.0 Å². The molecule has 0 radical (unpaired) electrons. The highest BCUT2D eigenvalue weighted by Crippen LogP contribution is 2.48. The van der Waals surface area contributed by atoms with Gasteiger partial charge < -0.3 is 9.64 Å². The molecule has 1 heterocycles. The van der Waals surface area contributed by atoms with Crippen molar-refractivity contribution in [3.05, 3.63) is 23.2 Å². The lowest BCUT2D eigenvalue weighted by atomic mass is 9.65. The molecule has 1 aliphatic heterocycles. The van der Waals surface area contributed by atoms with E-state index in [0.29, 0.717) is 11.5 Å². The second-order valence-electron chi connectivity index (χ2n) is 8.98.